The topological polar surface area (TPSA) is 23.6 Å². The van der Waals surface area contributed by atoms with Crippen LogP contribution in [0.4, 0.5) is 0 Å². The zero-order valence-electron chi connectivity index (χ0n) is 14.2. The third-order valence-corrected chi connectivity index (χ3v) is 5.01. The Morgan fingerprint density at radius 2 is 1.70 bits per heavy atom. The van der Waals surface area contributed by atoms with Gasteiger partial charge in [0.05, 0.1) is 6.54 Å². The Labute approximate surface area is 143 Å². The zero-order chi connectivity index (χ0) is 16.7. The number of carbonyl (C=O) groups excluding carboxylic acids is 1. The van der Waals surface area contributed by atoms with Crippen LogP contribution in [-0.4, -0.2) is 35.3 Å². The van der Waals surface area contributed by atoms with Crippen molar-refractivity contribution in [3.05, 3.63) is 58.3 Å². The van der Waals surface area contributed by atoms with E-state index < -0.39 is 0 Å². The van der Waals surface area contributed by atoms with E-state index >= 15 is 0 Å². The van der Waals surface area contributed by atoms with Crippen molar-refractivity contribution >= 4 is 17.2 Å². The molecule has 0 radical (unpaired) electrons. The van der Waals surface area contributed by atoms with Crippen molar-refractivity contribution in [2.24, 2.45) is 0 Å². The third kappa shape index (κ3) is 4.43. The Bertz CT molecular complexity index is 579. The van der Waals surface area contributed by atoms with Gasteiger partial charge in [-0.15, -0.1) is 11.3 Å². The average molecular weight is 330 g/mol. The standard InChI is InChI=1S/C19H26N2OS/c1-4-20(5-2)18(16-11-8-7-9-12-16)19(22)21(6-3)15-17-13-10-14-23-17/h7-14,18H,4-6,15H2,1-3H3. The van der Waals surface area contributed by atoms with Crippen LogP contribution in [0.5, 0.6) is 0 Å². The molecule has 1 atom stereocenters. The van der Waals surface area contributed by atoms with Crippen LogP contribution in [0.1, 0.15) is 37.3 Å². The molecular weight excluding hydrogens is 304 g/mol. The monoisotopic (exact) mass is 330 g/mol. The van der Waals surface area contributed by atoms with Crippen molar-refractivity contribution < 1.29 is 4.79 Å². The number of hydrogen-bond acceptors (Lipinski definition) is 3. The molecule has 0 aliphatic carbocycles. The zero-order valence-corrected chi connectivity index (χ0v) is 15.1. The summed E-state index contributed by atoms with van der Waals surface area (Å²) >= 11 is 1.70. The lowest BCUT2D eigenvalue weighted by molar-refractivity contribution is -0.137. The van der Waals surface area contributed by atoms with Crippen LogP contribution in [0.3, 0.4) is 0 Å². The molecule has 1 aromatic heterocycles. The molecule has 0 N–H and O–H groups in total. The number of amides is 1. The number of thiophene rings is 1. The predicted molar refractivity (Wildman–Crippen MR) is 97.5 cm³/mol. The minimum Gasteiger partial charge on any atom is -0.336 e. The minimum atomic E-state index is -0.203. The Morgan fingerprint density at radius 3 is 2.22 bits per heavy atom. The maximum atomic E-state index is 13.2. The summed E-state index contributed by atoms with van der Waals surface area (Å²) in [6, 6.07) is 14.1. The molecule has 0 saturated heterocycles. The van der Waals surface area contributed by atoms with Crippen LogP contribution in [-0.2, 0) is 11.3 Å². The first-order chi connectivity index (χ1) is 11.2. The largest absolute Gasteiger partial charge is 0.336 e. The first-order valence-corrected chi connectivity index (χ1v) is 9.19. The van der Waals surface area contributed by atoms with E-state index in [-0.39, 0.29) is 11.9 Å². The van der Waals surface area contributed by atoms with Gasteiger partial charge in [-0.1, -0.05) is 50.2 Å². The normalized spacial score (nSPS) is 12.3. The van der Waals surface area contributed by atoms with E-state index in [1.807, 2.05) is 29.2 Å². The maximum Gasteiger partial charge on any atom is 0.244 e. The molecule has 1 heterocycles. The summed E-state index contributed by atoms with van der Waals surface area (Å²) in [5, 5.41) is 2.06. The van der Waals surface area contributed by atoms with Crippen molar-refractivity contribution in [1.29, 1.82) is 0 Å². The number of benzene rings is 1. The highest BCUT2D eigenvalue weighted by atomic mass is 32.1. The van der Waals surface area contributed by atoms with Crippen LogP contribution in [0.15, 0.2) is 47.8 Å². The molecule has 1 unspecified atom stereocenters. The van der Waals surface area contributed by atoms with E-state index in [0.29, 0.717) is 6.54 Å². The van der Waals surface area contributed by atoms with Gasteiger partial charge in [-0.2, -0.15) is 0 Å². The van der Waals surface area contributed by atoms with Gasteiger partial charge in [0.1, 0.15) is 6.04 Å². The van der Waals surface area contributed by atoms with Crippen molar-refractivity contribution in [1.82, 2.24) is 9.80 Å². The maximum absolute atomic E-state index is 13.2. The number of carbonyl (C=O) groups is 1. The van der Waals surface area contributed by atoms with Gasteiger partial charge < -0.3 is 4.90 Å². The van der Waals surface area contributed by atoms with Crippen LogP contribution in [0.2, 0.25) is 0 Å². The van der Waals surface area contributed by atoms with E-state index in [0.717, 1.165) is 25.2 Å². The van der Waals surface area contributed by atoms with Gasteiger partial charge in [0.2, 0.25) is 5.91 Å². The van der Waals surface area contributed by atoms with Crippen molar-refractivity contribution in [3.63, 3.8) is 0 Å². The second-order valence-electron chi connectivity index (χ2n) is 5.47. The van der Waals surface area contributed by atoms with Crippen molar-refractivity contribution in [2.45, 2.75) is 33.4 Å². The fourth-order valence-electron chi connectivity index (χ4n) is 2.84. The summed E-state index contributed by atoms with van der Waals surface area (Å²) in [4.78, 5) is 18.7. The first kappa shape index (κ1) is 17.7. The first-order valence-electron chi connectivity index (χ1n) is 8.31. The summed E-state index contributed by atoms with van der Waals surface area (Å²) in [7, 11) is 0. The number of rotatable bonds is 8. The Morgan fingerprint density at radius 1 is 1.00 bits per heavy atom. The van der Waals surface area contributed by atoms with E-state index in [1.54, 1.807) is 11.3 Å². The molecule has 0 fully saturated rings. The van der Waals surface area contributed by atoms with Crippen LogP contribution >= 0.6 is 11.3 Å². The molecular formula is C19H26N2OS. The predicted octanol–water partition coefficient (Wildman–Crippen LogP) is 4.18. The molecule has 124 valence electrons. The second-order valence-corrected chi connectivity index (χ2v) is 6.50. The summed E-state index contributed by atoms with van der Waals surface area (Å²) in [6.45, 7) is 9.41. The number of likely N-dealkylation sites (N-methyl/N-ethyl adjacent to an activating group) is 2. The lowest BCUT2D eigenvalue weighted by Crippen LogP contribution is -2.42. The van der Waals surface area contributed by atoms with Gasteiger partial charge in [-0.25, -0.2) is 0 Å². The average Bonchev–Trinajstić information content (AvgIpc) is 3.10. The van der Waals surface area contributed by atoms with Crippen LogP contribution < -0.4 is 0 Å². The van der Waals surface area contributed by atoms with E-state index in [9.17, 15) is 4.79 Å². The molecule has 0 aliphatic rings. The highest BCUT2D eigenvalue weighted by molar-refractivity contribution is 7.09. The Hall–Kier alpha value is -1.65. The second kappa shape index (κ2) is 8.85. The molecule has 23 heavy (non-hydrogen) atoms. The van der Waals surface area contributed by atoms with Crippen LogP contribution in [0.25, 0.3) is 0 Å². The summed E-state index contributed by atoms with van der Waals surface area (Å²) < 4.78 is 0. The number of nitrogens with zero attached hydrogens (tertiary/aromatic N) is 2. The van der Waals surface area contributed by atoms with Crippen LogP contribution in [0, 0.1) is 0 Å². The van der Waals surface area contributed by atoms with E-state index in [1.165, 1.54) is 4.88 Å². The fraction of sp³-hybridized carbons (Fsp3) is 0.421. The Balaban J connectivity index is 2.27. The molecule has 0 spiro atoms. The summed E-state index contributed by atoms with van der Waals surface area (Å²) in [5.41, 5.74) is 1.07. The molecule has 1 amide bonds. The van der Waals surface area contributed by atoms with Crippen molar-refractivity contribution in [3.8, 4) is 0 Å². The SMILES string of the molecule is CCN(Cc1cccs1)C(=O)C(c1ccccc1)N(CC)CC. The molecule has 2 aromatic rings. The van der Waals surface area contributed by atoms with Gasteiger partial charge >= 0.3 is 0 Å². The minimum absolute atomic E-state index is 0.191. The number of hydrogen-bond donors (Lipinski definition) is 0. The smallest absolute Gasteiger partial charge is 0.244 e. The van der Waals surface area contributed by atoms with E-state index in [2.05, 4.69) is 49.3 Å². The fourth-order valence-corrected chi connectivity index (χ4v) is 3.56. The molecule has 0 bridgehead atoms. The summed E-state index contributed by atoms with van der Waals surface area (Å²) in [6.07, 6.45) is 0. The molecule has 4 heteroatoms. The highest BCUT2D eigenvalue weighted by Crippen LogP contribution is 2.24. The molecule has 0 saturated carbocycles. The van der Waals surface area contributed by atoms with Gasteiger partial charge in [0.15, 0.2) is 0 Å². The molecule has 3 nitrogen and oxygen atoms in total. The lowest BCUT2D eigenvalue weighted by atomic mass is 10.0. The lowest BCUT2D eigenvalue weighted by Gasteiger charge is -2.33. The van der Waals surface area contributed by atoms with Gasteiger partial charge in [0, 0.05) is 11.4 Å². The Kier molecular flexibility index (Phi) is 6.81. The van der Waals surface area contributed by atoms with Gasteiger partial charge in [-0.3, -0.25) is 9.69 Å². The molecule has 2 rings (SSSR count). The van der Waals surface area contributed by atoms with Crippen molar-refractivity contribution in [2.75, 3.05) is 19.6 Å². The van der Waals surface area contributed by atoms with Gasteiger partial charge in [-0.05, 0) is 37.0 Å². The molecule has 0 aliphatic heterocycles. The molecule has 1 aromatic carbocycles. The third-order valence-electron chi connectivity index (χ3n) is 4.15. The highest BCUT2D eigenvalue weighted by Gasteiger charge is 2.29. The quantitative estimate of drug-likeness (QED) is 0.725. The van der Waals surface area contributed by atoms with E-state index in [4.69, 9.17) is 0 Å². The summed E-state index contributed by atoms with van der Waals surface area (Å²) in [5.74, 6) is 0.191. The van der Waals surface area contributed by atoms with Gasteiger partial charge in [0.25, 0.3) is 0 Å².